The Bertz CT molecular complexity index is 965. The van der Waals surface area contributed by atoms with Crippen LogP contribution in [-0.4, -0.2) is 31.5 Å². The number of nitrogens with zero attached hydrogens (tertiary/aromatic N) is 1. The number of rotatable bonds is 11. The van der Waals surface area contributed by atoms with Gasteiger partial charge in [0.25, 0.3) is 0 Å². The maximum absolute atomic E-state index is 13.3. The highest BCUT2D eigenvalue weighted by Crippen LogP contribution is 2.28. The molecule has 0 spiro atoms. The van der Waals surface area contributed by atoms with E-state index in [4.69, 9.17) is 23.2 Å². The van der Waals surface area contributed by atoms with Gasteiger partial charge in [-0.25, -0.2) is 17.3 Å². The molecule has 2 rings (SSSR count). The largest absolute Gasteiger partial charge is 0.287 e. The Morgan fingerprint density at radius 3 is 2.30 bits per heavy atom. The number of benzene rings is 2. The molecule has 0 saturated carbocycles. The van der Waals surface area contributed by atoms with Crippen LogP contribution in [-0.2, 0) is 21.0 Å². The quantitative estimate of drug-likeness (QED) is 0.440. The molecule has 1 unspecified atom stereocenters. The van der Waals surface area contributed by atoms with Crippen molar-refractivity contribution in [1.29, 1.82) is 0 Å². The molecule has 0 heterocycles. The molecule has 0 aliphatic carbocycles. The highest BCUT2D eigenvalue weighted by Gasteiger charge is 2.19. The van der Waals surface area contributed by atoms with Gasteiger partial charge in [-0.2, -0.15) is 0 Å². The summed E-state index contributed by atoms with van der Waals surface area (Å²) in [5.74, 6) is 0.290. The first-order valence-corrected chi connectivity index (χ1v) is 13.3. The number of sulfonamides is 1. The van der Waals surface area contributed by atoms with Crippen molar-refractivity contribution in [3.05, 3.63) is 58.1 Å². The number of nitrogens with one attached hydrogen (secondary N) is 1. The SMILES string of the molecule is Cc1ccc(Cl)cc1N(CCCCS(=O)(=O)NCC(C)C)S(=O)c1ccc(Cl)cc1. The zero-order valence-electron chi connectivity index (χ0n) is 17.4. The van der Waals surface area contributed by atoms with Gasteiger partial charge < -0.3 is 0 Å². The van der Waals surface area contributed by atoms with Gasteiger partial charge in [-0.15, -0.1) is 0 Å². The van der Waals surface area contributed by atoms with Gasteiger partial charge in [-0.3, -0.25) is 4.31 Å². The predicted molar refractivity (Wildman–Crippen MR) is 127 cm³/mol. The summed E-state index contributed by atoms with van der Waals surface area (Å²) in [4.78, 5) is 0.616. The Hall–Kier alpha value is -1.12. The van der Waals surface area contributed by atoms with Crippen molar-refractivity contribution in [2.24, 2.45) is 5.92 Å². The maximum Gasteiger partial charge on any atom is 0.211 e. The molecule has 0 fully saturated rings. The third kappa shape index (κ3) is 7.85. The third-order valence-corrected chi connectivity index (χ3v) is 7.77. The van der Waals surface area contributed by atoms with Crippen molar-refractivity contribution in [2.45, 2.75) is 38.5 Å². The number of anilines is 1. The zero-order valence-corrected chi connectivity index (χ0v) is 20.5. The Balaban J connectivity index is 2.13. The molecular formula is C21H28Cl2N2O3S2. The lowest BCUT2D eigenvalue weighted by Crippen LogP contribution is -2.31. The molecule has 1 atom stereocenters. The topological polar surface area (TPSA) is 66.5 Å². The number of unbranched alkanes of at least 4 members (excludes halogenated alkanes) is 1. The minimum Gasteiger partial charge on any atom is -0.287 e. The molecular weight excluding hydrogens is 463 g/mol. The fourth-order valence-electron chi connectivity index (χ4n) is 2.74. The van der Waals surface area contributed by atoms with E-state index in [9.17, 15) is 12.6 Å². The van der Waals surface area contributed by atoms with Crippen LogP contribution in [0.25, 0.3) is 0 Å². The van der Waals surface area contributed by atoms with Crippen LogP contribution in [0.4, 0.5) is 5.69 Å². The van der Waals surface area contributed by atoms with Crippen molar-refractivity contribution in [1.82, 2.24) is 4.72 Å². The van der Waals surface area contributed by atoms with E-state index >= 15 is 0 Å². The van der Waals surface area contributed by atoms with Gasteiger partial charge in [-0.1, -0.05) is 43.1 Å². The average Bonchev–Trinajstić information content (AvgIpc) is 2.69. The smallest absolute Gasteiger partial charge is 0.211 e. The first-order valence-electron chi connectivity index (χ1n) is 9.77. The summed E-state index contributed by atoms with van der Waals surface area (Å²) in [6.45, 7) is 6.70. The van der Waals surface area contributed by atoms with Crippen molar-refractivity contribution in [3.63, 3.8) is 0 Å². The van der Waals surface area contributed by atoms with Gasteiger partial charge in [0, 0.05) is 23.1 Å². The molecule has 0 aromatic heterocycles. The highest BCUT2D eigenvalue weighted by atomic mass is 35.5. The van der Waals surface area contributed by atoms with E-state index < -0.39 is 21.0 Å². The standard InChI is InChI=1S/C21H28Cl2N2O3S2/c1-16(2)15-24-30(27,28)13-5-4-12-25(21-14-19(23)7-6-17(21)3)29(26)20-10-8-18(22)9-11-20/h6-11,14,16,24H,4-5,12-13,15H2,1-3H3. The molecule has 0 amide bonds. The van der Waals surface area contributed by atoms with Gasteiger partial charge in [0.2, 0.25) is 10.0 Å². The fraction of sp³-hybridized carbons (Fsp3) is 0.429. The van der Waals surface area contributed by atoms with Gasteiger partial charge in [0.1, 0.15) is 0 Å². The normalized spacial score (nSPS) is 12.9. The summed E-state index contributed by atoms with van der Waals surface area (Å²) in [6.07, 6.45) is 1.02. The van der Waals surface area contributed by atoms with E-state index in [0.717, 1.165) is 11.3 Å². The molecule has 2 aromatic carbocycles. The Kier molecular flexibility index (Phi) is 9.63. The van der Waals surface area contributed by atoms with E-state index in [0.29, 0.717) is 40.9 Å². The summed E-state index contributed by atoms with van der Waals surface area (Å²) in [5, 5.41) is 1.12. The summed E-state index contributed by atoms with van der Waals surface area (Å²) >= 11 is 12.1. The third-order valence-electron chi connectivity index (χ3n) is 4.39. The molecule has 0 bridgehead atoms. The molecule has 0 saturated heterocycles. The van der Waals surface area contributed by atoms with Crippen LogP contribution in [0.15, 0.2) is 47.4 Å². The number of hydrogen-bond donors (Lipinski definition) is 1. The minimum atomic E-state index is -3.31. The summed E-state index contributed by atoms with van der Waals surface area (Å²) in [6, 6.07) is 12.3. The van der Waals surface area contributed by atoms with Gasteiger partial charge in [0.05, 0.1) is 16.3 Å². The summed E-state index contributed by atoms with van der Waals surface area (Å²) in [5.41, 5.74) is 1.70. The van der Waals surface area contributed by atoms with Crippen molar-refractivity contribution in [3.8, 4) is 0 Å². The van der Waals surface area contributed by atoms with Gasteiger partial charge in [-0.05, 0) is 67.6 Å². The summed E-state index contributed by atoms with van der Waals surface area (Å²) in [7, 11) is -4.79. The maximum atomic E-state index is 13.3. The number of aryl methyl sites for hydroxylation is 1. The lowest BCUT2D eigenvalue weighted by Gasteiger charge is -2.25. The highest BCUT2D eigenvalue weighted by molar-refractivity contribution is 7.89. The van der Waals surface area contributed by atoms with Crippen LogP contribution in [0, 0.1) is 12.8 Å². The molecule has 0 aliphatic heterocycles. The molecule has 0 aliphatic rings. The Morgan fingerprint density at radius 1 is 1.03 bits per heavy atom. The average molecular weight is 492 g/mol. The Morgan fingerprint density at radius 2 is 1.67 bits per heavy atom. The van der Waals surface area contributed by atoms with Crippen molar-refractivity contribution >= 4 is 49.9 Å². The molecule has 166 valence electrons. The molecule has 30 heavy (non-hydrogen) atoms. The molecule has 2 aromatic rings. The minimum absolute atomic E-state index is 0.0374. The van der Waals surface area contributed by atoms with Crippen molar-refractivity contribution in [2.75, 3.05) is 23.1 Å². The number of halogens is 2. The van der Waals surface area contributed by atoms with Crippen LogP contribution in [0.3, 0.4) is 0 Å². The molecule has 0 radical (unpaired) electrons. The molecule has 5 nitrogen and oxygen atoms in total. The van der Waals surface area contributed by atoms with E-state index in [2.05, 4.69) is 4.72 Å². The van der Waals surface area contributed by atoms with Crippen LogP contribution < -0.4 is 9.03 Å². The number of hydrogen-bond acceptors (Lipinski definition) is 3. The summed E-state index contributed by atoms with van der Waals surface area (Å²) < 4.78 is 41.9. The van der Waals surface area contributed by atoms with E-state index in [1.54, 1.807) is 40.7 Å². The lowest BCUT2D eigenvalue weighted by atomic mass is 10.2. The van der Waals surface area contributed by atoms with Crippen LogP contribution in [0.5, 0.6) is 0 Å². The van der Waals surface area contributed by atoms with E-state index in [-0.39, 0.29) is 11.7 Å². The van der Waals surface area contributed by atoms with E-state index in [1.165, 1.54) is 0 Å². The molecule has 9 heteroatoms. The van der Waals surface area contributed by atoms with Crippen LogP contribution in [0.1, 0.15) is 32.3 Å². The van der Waals surface area contributed by atoms with Crippen LogP contribution in [0.2, 0.25) is 10.0 Å². The van der Waals surface area contributed by atoms with Gasteiger partial charge >= 0.3 is 0 Å². The first-order chi connectivity index (χ1) is 14.1. The van der Waals surface area contributed by atoms with Gasteiger partial charge in [0.15, 0.2) is 11.0 Å². The monoisotopic (exact) mass is 490 g/mol. The second-order valence-corrected chi connectivity index (χ2v) is 11.7. The van der Waals surface area contributed by atoms with Crippen molar-refractivity contribution < 1.29 is 12.6 Å². The first kappa shape index (κ1) is 25.1. The Labute approximate surface area is 192 Å². The van der Waals surface area contributed by atoms with E-state index in [1.807, 2.05) is 26.8 Å². The second-order valence-electron chi connectivity index (χ2n) is 7.50. The fourth-order valence-corrected chi connectivity index (χ4v) is 5.64. The second kappa shape index (κ2) is 11.5. The predicted octanol–water partition coefficient (Wildman–Crippen LogP) is 5.19. The van der Waals surface area contributed by atoms with Crippen LogP contribution >= 0.6 is 23.2 Å². The zero-order chi connectivity index (χ0) is 22.3. The lowest BCUT2D eigenvalue weighted by molar-refractivity contribution is 0.557. The molecule has 1 N–H and O–H groups in total.